The van der Waals surface area contributed by atoms with Crippen molar-refractivity contribution >= 4 is 32.6 Å². The summed E-state index contributed by atoms with van der Waals surface area (Å²) in [4.78, 5) is 16.4. The van der Waals surface area contributed by atoms with Gasteiger partial charge in [0.05, 0.1) is 15.9 Å². The molecule has 0 saturated heterocycles. The molecule has 1 amide bonds. The number of aromatic nitrogens is 3. The molecular weight excluding hydrogens is 400 g/mol. The van der Waals surface area contributed by atoms with Gasteiger partial charge in [-0.3, -0.25) is 9.48 Å². The van der Waals surface area contributed by atoms with E-state index in [0.29, 0.717) is 15.9 Å². The standard InChI is InChI=1S/C17H14F4N4O2S/c18-15(19)12-6-11(8-1-2-8)24-25(12)7-14(26)23-17-22-10-4-3-9(27-16(20)21)5-13(10)28-17/h3-6,8,15-16H,1-2,7H2,(H,22,23,26). The van der Waals surface area contributed by atoms with Crippen molar-refractivity contribution in [2.24, 2.45) is 0 Å². The molecule has 4 rings (SSSR count). The Kier molecular flexibility index (Phi) is 4.92. The number of carbonyl (C=O) groups is 1. The van der Waals surface area contributed by atoms with E-state index in [4.69, 9.17) is 0 Å². The summed E-state index contributed by atoms with van der Waals surface area (Å²) in [6.07, 6.45) is -0.910. The molecule has 1 saturated carbocycles. The van der Waals surface area contributed by atoms with Crippen molar-refractivity contribution in [1.29, 1.82) is 0 Å². The van der Waals surface area contributed by atoms with Crippen molar-refractivity contribution in [3.8, 4) is 5.75 Å². The molecule has 1 aliphatic rings. The quantitative estimate of drug-likeness (QED) is 0.576. The molecule has 0 aliphatic heterocycles. The highest BCUT2D eigenvalue weighted by atomic mass is 32.1. The number of rotatable bonds is 7. The Bertz CT molecular complexity index is 1020. The topological polar surface area (TPSA) is 69.0 Å². The van der Waals surface area contributed by atoms with Crippen molar-refractivity contribution < 1.29 is 27.1 Å². The lowest BCUT2D eigenvalue weighted by Crippen LogP contribution is -2.21. The highest BCUT2D eigenvalue weighted by Crippen LogP contribution is 2.40. The summed E-state index contributed by atoms with van der Waals surface area (Å²) in [6, 6.07) is 5.57. The highest BCUT2D eigenvalue weighted by Gasteiger charge is 2.29. The third-order valence-electron chi connectivity index (χ3n) is 4.17. The zero-order valence-electron chi connectivity index (χ0n) is 14.2. The lowest BCUT2D eigenvalue weighted by Gasteiger charge is -2.06. The second-order valence-electron chi connectivity index (χ2n) is 6.30. The maximum Gasteiger partial charge on any atom is 0.387 e. The number of benzene rings is 1. The predicted molar refractivity (Wildman–Crippen MR) is 94.0 cm³/mol. The van der Waals surface area contributed by atoms with E-state index in [0.717, 1.165) is 28.9 Å². The zero-order chi connectivity index (χ0) is 19.8. The smallest absolute Gasteiger partial charge is 0.387 e. The van der Waals surface area contributed by atoms with Crippen molar-refractivity contribution in [2.45, 2.75) is 38.3 Å². The Balaban J connectivity index is 1.48. The number of nitrogens with one attached hydrogen (secondary N) is 1. The van der Waals surface area contributed by atoms with Gasteiger partial charge in [-0.25, -0.2) is 13.8 Å². The number of thiazole rings is 1. The van der Waals surface area contributed by atoms with Gasteiger partial charge in [0.1, 0.15) is 18.0 Å². The van der Waals surface area contributed by atoms with Crippen LogP contribution in [-0.2, 0) is 11.3 Å². The average molecular weight is 414 g/mol. The van der Waals surface area contributed by atoms with Crippen LogP contribution in [0.3, 0.4) is 0 Å². The molecule has 0 radical (unpaired) electrons. The molecule has 1 aliphatic carbocycles. The number of carbonyl (C=O) groups excluding carboxylic acids is 1. The molecule has 0 bridgehead atoms. The summed E-state index contributed by atoms with van der Waals surface area (Å²) in [7, 11) is 0. The third kappa shape index (κ3) is 4.08. The summed E-state index contributed by atoms with van der Waals surface area (Å²) in [5.74, 6) is -0.388. The minimum atomic E-state index is -2.94. The summed E-state index contributed by atoms with van der Waals surface area (Å²) in [6.45, 7) is -3.31. The van der Waals surface area contributed by atoms with E-state index in [1.54, 1.807) is 0 Å². The Morgan fingerprint density at radius 2 is 2.07 bits per heavy atom. The molecule has 0 atom stereocenters. The molecule has 1 fully saturated rings. The number of fused-ring (bicyclic) bond motifs is 1. The van der Waals surface area contributed by atoms with Crippen LogP contribution < -0.4 is 10.1 Å². The van der Waals surface area contributed by atoms with Gasteiger partial charge in [0, 0.05) is 5.92 Å². The molecule has 28 heavy (non-hydrogen) atoms. The maximum absolute atomic E-state index is 13.2. The molecule has 0 spiro atoms. The Labute approximate surface area is 160 Å². The molecule has 6 nitrogen and oxygen atoms in total. The monoisotopic (exact) mass is 414 g/mol. The fraction of sp³-hybridized carbons (Fsp3) is 0.353. The number of ether oxygens (including phenoxy) is 1. The van der Waals surface area contributed by atoms with Crippen LogP contribution in [0.15, 0.2) is 24.3 Å². The van der Waals surface area contributed by atoms with E-state index in [-0.39, 0.29) is 29.0 Å². The average Bonchev–Trinajstić information content (AvgIpc) is 3.25. The van der Waals surface area contributed by atoms with Crippen LogP contribution >= 0.6 is 11.3 Å². The van der Waals surface area contributed by atoms with Crippen LogP contribution in [0.2, 0.25) is 0 Å². The molecule has 1 N–H and O–H groups in total. The van der Waals surface area contributed by atoms with Crippen LogP contribution in [0.4, 0.5) is 22.7 Å². The van der Waals surface area contributed by atoms with Crippen molar-refractivity contribution in [2.75, 3.05) is 5.32 Å². The number of hydrogen-bond donors (Lipinski definition) is 1. The van der Waals surface area contributed by atoms with Crippen LogP contribution in [-0.4, -0.2) is 27.3 Å². The van der Waals surface area contributed by atoms with E-state index in [2.05, 4.69) is 20.1 Å². The minimum absolute atomic E-state index is 0.0188. The largest absolute Gasteiger partial charge is 0.435 e. The molecule has 0 unspecified atom stereocenters. The predicted octanol–water partition coefficient (Wildman–Crippen LogP) is 4.55. The Hall–Kier alpha value is -2.69. The first-order valence-electron chi connectivity index (χ1n) is 8.40. The minimum Gasteiger partial charge on any atom is -0.435 e. The van der Waals surface area contributed by atoms with Crippen molar-refractivity contribution in [3.05, 3.63) is 35.7 Å². The third-order valence-corrected chi connectivity index (χ3v) is 5.11. The number of halogens is 4. The number of amides is 1. The SMILES string of the molecule is O=C(Cn1nc(C2CC2)cc1C(F)F)Nc1nc2ccc(OC(F)F)cc2s1. The highest BCUT2D eigenvalue weighted by molar-refractivity contribution is 7.22. The maximum atomic E-state index is 13.2. The number of anilines is 1. The van der Waals surface area contributed by atoms with Crippen LogP contribution in [0, 0.1) is 0 Å². The van der Waals surface area contributed by atoms with Gasteiger partial charge in [-0.1, -0.05) is 11.3 Å². The molecule has 2 heterocycles. The van der Waals surface area contributed by atoms with E-state index >= 15 is 0 Å². The summed E-state index contributed by atoms with van der Waals surface area (Å²) < 4.78 is 56.9. The molecular formula is C17H14F4N4O2S. The number of hydrogen-bond acceptors (Lipinski definition) is 5. The second kappa shape index (κ2) is 7.38. The molecule has 148 valence electrons. The summed E-state index contributed by atoms with van der Waals surface area (Å²) in [5, 5.41) is 6.89. The fourth-order valence-electron chi connectivity index (χ4n) is 2.76. The van der Waals surface area contributed by atoms with Gasteiger partial charge in [-0.05, 0) is 37.1 Å². The molecule has 2 aromatic heterocycles. The number of nitrogens with zero attached hydrogens (tertiary/aromatic N) is 3. The van der Waals surface area contributed by atoms with Gasteiger partial charge in [0.25, 0.3) is 6.43 Å². The Morgan fingerprint density at radius 3 is 2.75 bits per heavy atom. The number of alkyl halides is 4. The molecule has 1 aromatic carbocycles. The van der Waals surface area contributed by atoms with Crippen LogP contribution in [0.5, 0.6) is 5.75 Å². The van der Waals surface area contributed by atoms with E-state index in [1.165, 1.54) is 24.3 Å². The second-order valence-corrected chi connectivity index (χ2v) is 7.33. The molecule has 3 aromatic rings. The van der Waals surface area contributed by atoms with Crippen LogP contribution in [0.1, 0.15) is 36.6 Å². The van der Waals surface area contributed by atoms with Gasteiger partial charge in [0.2, 0.25) is 5.91 Å². The normalized spacial score (nSPS) is 14.2. The zero-order valence-corrected chi connectivity index (χ0v) is 15.1. The van der Waals surface area contributed by atoms with Crippen molar-refractivity contribution in [3.63, 3.8) is 0 Å². The van der Waals surface area contributed by atoms with Crippen LogP contribution in [0.25, 0.3) is 10.2 Å². The van der Waals surface area contributed by atoms with E-state index in [9.17, 15) is 22.4 Å². The first-order chi connectivity index (χ1) is 13.4. The van der Waals surface area contributed by atoms with Gasteiger partial charge < -0.3 is 10.1 Å². The first kappa shape index (κ1) is 18.7. The molecule has 11 heteroatoms. The van der Waals surface area contributed by atoms with Gasteiger partial charge in [-0.15, -0.1) is 0 Å². The fourth-order valence-corrected chi connectivity index (χ4v) is 3.67. The van der Waals surface area contributed by atoms with E-state index in [1.807, 2.05) is 0 Å². The van der Waals surface area contributed by atoms with Gasteiger partial charge in [-0.2, -0.15) is 13.9 Å². The lowest BCUT2D eigenvalue weighted by atomic mass is 10.3. The van der Waals surface area contributed by atoms with Gasteiger partial charge in [0.15, 0.2) is 5.13 Å². The Morgan fingerprint density at radius 1 is 1.29 bits per heavy atom. The summed E-state index contributed by atoms with van der Waals surface area (Å²) in [5.41, 5.74) is 0.773. The van der Waals surface area contributed by atoms with Crippen molar-refractivity contribution in [1.82, 2.24) is 14.8 Å². The lowest BCUT2D eigenvalue weighted by molar-refractivity contribution is -0.117. The first-order valence-corrected chi connectivity index (χ1v) is 9.22. The van der Waals surface area contributed by atoms with Gasteiger partial charge >= 0.3 is 6.61 Å². The summed E-state index contributed by atoms with van der Waals surface area (Å²) >= 11 is 1.06. The van der Waals surface area contributed by atoms with E-state index < -0.39 is 18.9 Å².